The number of sulfone groups is 1. The number of carbonyl (C=O) groups is 1. The second-order valence-corrected chi connectivity index (χ2v) is 10.9. The monoisotopic (exact) mass is 583 g/mol. The Morgan fingerprint density at radius 2 is 1.40 bits per heavy atom. The highest BCUT2D eigenvalue weighted by Gasteiger charge is 2.29. The lowest BCUT2D eigenvalue weighted by molar-refractivity contribution is -0.921. The molecule has 12 nitrogen and oxygen atoms in total. The van der Waals surface area contributed by atoms with Crippen LogP contribution in [0.1, 0.15) is 11.1 Å². The van der Waals surface area contributed by atoms with Crippen LogP contribution in [0, 0.1) is 0 Å². The van der Waals surface area contributed by atoms with E-state index in [-0.39, 0.29) is 61.9 Å². The normalized spacial score (nSPS) is 11.9. The summed E-state index contributed by atoms with van der Waals surface area (Å²) in [5, 5.41) is 32.2. The van der Waals surface area contributed by atoms with E-state index in [0.29, 0.717) is 34.1 Å². The number of methoxy groups -OCH3 is 4. The van der Waals surface area contributed by atoms with Crippen LogP contribution in [0.2, 0.25) is 0 Å². The van der Waals surface area contributed by atoms with Crippen molar-refractivity contribution in [2.24, 2.45) is 0 Å². The topological polar surface area (TPSA) is 161 Å². The van der Waals surface area contributed by atoms with E-state index < -0.39 is 15.7 Å². The lowest BCUT2D eigenvalue weighted by Crippen LogP contribution is -2.56. The molecule has 4 N–H and O–H groups in total. The Kier molecular flexibility index (Phi) is 12.7. The Balaban J connectivity index is 2.30. The molecule has 0 bridgehead atoms. The first kappa shape index (κ1) is 32.8. The molecule has 0 spiro atoms. The van der Waals surface area contributed by atoms with E-state index >= 15 is 0 Å². The average Bonchev–Trinajstić information content (AvgIpc) is 2.91. The van der Waals surface area contributed by atoms with E-state index in [9.17, 15) is 28.5 Å². The number of aliphatic hydroxyl groups is 3. The molecular formula is C27H39N2O10S+. The maximum absolute atomic E-state index is 13.0. The lowest BCUT2D eigenvalue weighted by Gasteiger charge is -2.36. The summed E-state index contributed by atoms with van der Waals surface area (Å²) < 4.78 is 47.3. The maximum atomic E-state index is 13.0. The fraction of sp³-hybridized carbons (Fsp3) is 0.444. The van der Waals surface area contributed by atoms with Crippen molar-refractivity contribution >= 4 is 27.5 Å². The van der Waals surface area contributed by atoms with Gasteiger partial charge in [-0.15, -0.1) is 0 Å². The Labute approximate surface area is 234 Å². The number of aliphatic hydroxyl groups excluding tert-OH is 3. The molecule has 0 saturated carbocycles. The van der Waals surface area contributed by atoms with Crippen molar-refractivity contribution in [1.82, 2.24) is 0 Å². The molecular weight excluding hydrogens is 544 g/mol. The van der Waals surface area contributed by atoms with Crippen LogP contribution in [0.15, 0.2) is 35.7 Å². The van der Waals surface area contributed by atoms with Crippen molar-refractivity contribution in [1.29, 1.82) is 0 Å². The van der Waals surface area contributed by atoms with Crippen LogP contribution >= 0.6 is 0 Å². The molecule has 40 heavy (non-hydrogen) atoms. The highest BCUT2D eigenvalue weighted by Crippen LogP contribution is 2.35. The Bertz CT molecular complexity index is 1220. The van der Waals surface area contributed by atoms with E-state index in [1.54, 1.807) is 24.3 Å². The molecule has 0 aromatic heterocycles. The van der Waals surface area contributed by atoms with Crippen LogP contribution in [-0.4, -0.2) is 109 Å². The van der Waals surface area contributed by atoms with Gasteiger partial charge in [0.1, 0.15) is 42.6 Å². The number of quaternary nitrogens is 1. The van der Waals surface area contributed by atoms with Crippen LogP contribution < -0.4 is 24.3 Å². The number of hydrogen-bond donors (Lipinski definition) is 4. The van der Waals surface area contributed by atoms with Gasteiger partial charge in [0.25, 0.3) is 5.91 Å². The van der Waals surface area contributed by atoms with Crippen molar-refractivity contribution in [2.45, 2.75) is 5.75 Å². The zero-order valence-electron chi connectivity index (χ0n) is 23.3. The molecule has 1 amide bonds. The van der Waals surface area contributed by atoms with Crippen molar-refractivity contribution in [3.63, 3.8) is 0 Å². The standard InChI is InChI=1S/C27H38N2O10S/c1-36-21-16-25(38-3)22(26(17-21)39-4)7-14-40(34,35)19-20-5-6-24(37-2)23(15-20)28-27(33)18-29(8-11-30,9-12-31)10-13-32/h5-7,14-17,30-32H,8-13,18-19H2,1-4H3/p+1/b14-7+. The van der Waals surface area contributed by atoms with Gasteiger partial charge in [-0.1, -0.05) is 6.07 Å². The number of benzene rings is 2. The molecule has 2 aromatic carbocycles. The molecule has 2 rings (SSSR count). The number of amides is 1. The van der Waals surface area contributed by atoms with Gasteiger partial charge in [0.05, 0.1) is 65.3 Å². The van der Waals surface area contributed by atoms with E-state index in [1.165, 1.54) is 40.6 Å². The number of anilines is 1. The quantitative estimate of drug-likeness (QED) is 0.198. The molecule has 0 heterocycles. The van der Waals surface area contributed by atoms with E-state index in [2.05, 4.69) is 5.32 Å². The van der Waals surface area contributed by atoms with Crippen LogP contribution in [0.5, 0.6) is 23.0 Å². The fourth-order valence-corrected chi connectivity index (χ4v) is 5.38. The summed E-state index contributed by atoms with van der Waals surface area (Å²) in [4.78, 5) is 13.0. The third-order valence-electron chi connectivity index (χ3n) is 6.30. The van der Waals surface area contributed by atoms with Gasteiger partial charge in [0.2, 0.25) is 0 Å². The van der Waals surface area contributed by atoms with Gasteiger partial charge in [-0.05, 0) is 23.8 Å². The number of nitrogens with zero attached hydrogens (tertiary/aromatic N) is 1. The third kappa shape index (κ3) is 9.10. The zero-order chi connectivity index (χ0) is 29.8. The van der Waals surface area contributed by atoms with Gasteiger partial charge in [0, 0.05) is 17.5 Å². The van der Waals surface area contributed by atoms with Crippen molar-refractivity contribution in [2.75, 3.05) is 79.8 Å². The Hall–Kier alpha value is -3.36. The van der Waals surface area contributed by atoms with Gasteiger partial charge < -0.3 is 44.1 Å². The van der Waals surface area contributed by atoms with Crippen molar-refractivity contribution in [3.8, 4) is 23.0 Å². The van der Waals surface area contributed by atoms with E-state index in [4.69, 9.17) is 18.9 Å². The second-order valence-electron chi connectivity index (χ2n) is 8.98. The lowest BCUT2D eigenvalue weighted by atomic mass is 10.1. The Morgan fingerprint density at radius 1 is 0.850 bits per heavy atom. The molecule has 0 unspecified atom stereocenters. The van der Waals surface area contributed by atoms with E-state index in [1.807, 2.05) is 0 Å². The summed E-state index contributed by atoms with van der Waals surface area (Å²) in [7, 11) is 2.04. The van der Waals surface area contributed by atoms with Crippen LogP contribution in [0.4, 0.5) is 5.69 Å². The molecule has 13 heteroatoms. The highest BCUT2D eigenvalue weighted by atomic mass is 32.2. The molecule has 222 valence electrons. The largest absolute Gasteiger partial charge is 0.496 e. The smallest absolute Gasteiger partial charge is 0.279 e. The third-order valence-corrected chi connectivity index (χ3v) is 7.59. The fourth-order valence-electron chi connectivity index (χ4n) is 4.29. The number of hydrogen-bond acceptors (Lipinski definition) is 10. The summed E-state index contributed by atoms with van der Waals surface area (Å²) >= 11 is 0. The summed E-state index contributed by atoms with van der Waals surface area (Å²) in [5.74, 6) is 0.734. The molecule has 0 atom stereocenters. The number of carbonyl (C=O) groups excluding carboxylic acids is 1. The summed E-state index contributed by atoms with van der Waals surface area (Å²) in [5.41, 5.74) is 1.08. The van der Waals surface area contributed by atoms with Gasteiger partial charge in [0.15, 0.2) is 16.4 Å². The molecule has 0 aliphatic rings. The zero-order valence-corrected chi connectivity index (χ0v) is 24.1. The first-order valence-corrected chi connectivity index (χ1v) is 14.2. The highest BCUT2D eigenvalue weighted by molar-refractivity contribution is 7.93. The average molecular weight is 584 g/mol. The van der Waals surface area contributed by atoms with E-state index in [0.717, 1.165) is 5.41 Å². The SMILES string of the molecule is COc1cc(OC)c(/C=C/S(=O)(=O)Cc2ccc(OC)c(NC(=O)C[N+](CCO)(CCO)CCO)c2)c(OC)c1. The molecule has 0 radical (unpaired) electrons. The van der Waals surface area contributed by atoms with Crippen LogP contribution in [0.25, 0.3) is 6.08 Å². The number of rotatable bonds is 17. The molecule has 0 saturated heterocycles. The summed E-state index contributed by atoms with van der Waals surface area (Å²) in [6.07, 6.45) is 1.39. The minimum Gasteiger partial charge on any atom is -0.496 e. The summed E-state index contributed by atoms with van der Waals surface area (Å²) in [6, 6.07) is 7.87. The van der Waals surface area contributed by atoms with Crippen LogP contribution in [0.3, 0.4) is 0 Å². The number of nitrogens with one attached hydrogen (secondary N) is 1. The van der Waals surface area contributed by atoms with Gasteiger partial charge in [-0.2, -0.15) is 0 Å². The maximum Gasteiger partial charge on any atom is 0.279 e. The summed E-state index contributed by atoms with van der Waals surface area (Å²) in [6.45, 7) is -0.314. The first-order chi connectivity index (χ1) is 19.1. The van der Waals surface area contributed by atoms with Gasteiger partial charge in [-0.3, -0.25) is 4.79 Å². The van der Waals surface area contributed by atoms with Crippen molar-refractivity contribution in [3.05, 3.63) is 46.9 Å². The van der Waals surface area contributed by atoms with Crippen LogP contribution in [-0.2, 0) is 20.4 Å². The molecule has 2 aromatic rings. The first-order valence-electron chi connectivity index (χ1n) is 12.4. The van der Waals surface area contributed by atoms with Gasteiger partial charge >= 0.3 is 0 Å². The van der Waals surface area contributed by atoms with Gasteiger partial charge in [-0.25, -0.2) is 8.42 Å². The second kappa shape index (κ2) is 15.4. The molecule has 0 fully saturated rings. The predicted octanol–water partition coefficient (Wildman–Crippen LogP) is 1.04. The Morgan fingerprint density at radius 3 is 1.88 bits per heavy atom. The van der Waals surface area contributed by atoms with Crippen molar-refractivity contribution < 1.29 is 52.0 Å². The minimum absolute atomic E-state index is 0.0190. The minimum atomic E-state index is -3.78. The molecule has 0 aliphatic carbocycles. The predicted molar refractivity (Wildman–Crippen MR) is 150 cm³/mol. The molecule has 0 aliphatic heterocycles. The number of ether oxygens (including phenoxy) is 4.